The van der Waals surface area contributed by atoms with Crippen molar-refractivity contribution in [3.63, 3.8) is 0 Å². The third-order valence-corrected chi connectivity index (χ3v) is 11.4. The van der Waals surface area contributed by atoms with E-state index in [1.54, 1.807) is 60.7 Å². The van der Waals surface area contributed by atoms with Gasteiger partial charge in [0.15, 0.2) is 0 Å². The summed E-state index contributed by atoms with van der Waals surface area (Å²) in [4.78, 5) is 45.5. The van der Waals surface area contributed by atoms with E-state index in [4.69, 9.17) is 28.4 Å². The first kappa shape index (κ1) is 50.6. The quantitative estimate of drug-likeness (QED) is 0.0416. The molecule has 0 saturated heterocycles. The van der Waals surface area contributed by atoms with Crippen LogP contribution in [0.15, 0.2) is 182 Å². The Balaban J connectivity index is 0.961. The fourth-order valence-corrected chi connectivity index (χ4v) is 7.40. The van der Waals surface area contributed by atoms with Gasteiger partial charge in [-0.05, 0) is 118 Å². The second-order valence-electron chi connectivity index (χ2n) is 16.8. The van der Waals surface area contributed by atoms with Crippen molar-refractivity contribution in [1.29, 1.82) is 0 Å². The highest BCUT2D eigenvalue weighted by atomic mass is 16.5. The summed E-state index contributed by atoms with van der Waals surface area (Å²) in [5.41, 5.74) is 6.82. The van der Waals surface area contributed by atoms with Gasteiger partial charge in [0.05, 0.1) is 22.3 Å². The van der Waals surface area contributed by atoms with E-state index in [1.165, 1.54) is 48.5 Å². The van der Waals surface area contributed by atoms with Gasteiger partial charge in [-0.3, -0.25) is 0 Å². The van der Waals surface area contributed by atoms with Gasteiger partial charge in [0.1, 0.15) is 74.1 Å². The zero-order valence-electron chi connectivity index (χ0n) is 39.6. The summed E-state index contributed by atoms with van der Waals surface area (Å²) in [5, 5.41) is 37.3. The molecular formula is C60H48O14. The van der Waals surface area contributed by atoms with Crippen LogP contribution in [0.5, 0.6) is 34.5 Å². The number of ether oxygens (including phenoxy) is 6. The van der Waals surface area contributed by atoms with Crippen LogP contribution in [0, 0.1) is 0 Å². The van der Waals surface area contributed by atoms with Crippen LogP contribution < -0.4 is 28.4 Å². The van der Waals surface area contributed by atoms with Crippen molar-refractivity contribution >= 4 is 36.0 Å². The first-order chi connectivity index (χ1) is 35.9. The van der Waals surface area contributed by atoms with Gasteiger partial charge in [0.25, 0.3) is 0 Å². The second-order valence-corrected chi connectivity index (χ2v) is 16.8. The summed E-state index contributed by atoms with van der Waals surface area (Å²) >= 11 is 0. The summed E-state index contributed by atoms with van der Waals surface area (Å²) in [6.45, 7) is 0.938. The summed E-state index contributed by atoms with van der Waals surface area (Å²) in [6.07, 6.45) is 3.87. The molecule has 8 aromatic rings. The molecule has 4 N–H and O–H groups in total. The molecule has 0 amide bonds. The number of carboxylic acids is 4. The molecule has 0 aromatic heterocycles. The zero-order chi connectivity index (χ0) is 51.8. The fourth-order valence-electron chi connectivity index (χ4n) is 7.40. The number of hydrogen-bond acceptors (Lipinski definition) is 10. The standard InChI is InChI=1S/C60H48O14/c61-57(62)47-17-9-39(10-18-47)33-69-51-27-43(28-52(31-51)70-34-40-11-19-48(20-12-40)58(63)64)37-73-55-7-3-1-5-45(55)25-26-46-6-2-4-8-56(46)74-38-44-29-53(71-35-41-13-21-49(22-14-41)59(65)66)32-54(30-44)72-36-42-15-23-50(24-16-42)60(67)68/h1-32H,33-38H2,(H,61,62)(H,63,64)(H,65,66)(H,67,68)/b26-25+. The Hall–Kier alpha value is -9.82. The van der Waals surface area contributed by atoms with Crippen molar-refractivity contribution in [2.45, 2.75) is 39.6 Å². The molecule has 0 aliphatic rings. The first-order valence-corrected chi connectivity index (χ1v) is 23.1. The number of aromatic carboxylic acids is 4. The lowest BCUT2D eigenvalue weighted by molar-refractivity contribution is 0.0686. The molecule has 0 atom stereocenters. The highest BCUT2D eigenvalue weighted by molar-refractivity contribution is 5.89. The van der Waals surface area contributed by atoms with E-state index in [9.17, 15) is 39.6 Å². The number of benzene rings is 8. The molecule has 0 heterocycles. The van der Waals surface area contributed by atoms with Crippen LogP contribution >= 0.6 is 0 Å². The minimum absolute atomic E-state index is 0.140. The second kappa shape index (κ2) is 24.3. The third-order valence-electron chi connectivity index (χ3n) is 11.4. The van der Waals surface area contributed by atoms with Gasteiger partial charge in [-0.25, -0.2) is 19.2 Å². The van der Waals surface area contributed by atoms with E-state index >= 15 is 0 Å². The lowest BCUT2D eigenvalue weighted by atomic mass is 10.1. The predicted molar refractivity (Wildman–Crippen MR) is 274 cm³/mol. The van der Waals surface area contributed by atoms with Crippen molar-refractivity contribution in [3.8, 4) is 34.5 Å². The van der Waals surface area contributed by atoms with Crippen molar-refractivity contribution in [2.24, 2.45) is 0 Å². The van der Waals surface area contributed by atoms with Crippen molar-refractivity contribution < 1.29 is 68.0 Å². The largest absolute Gasteiger partial charge is 0.489 e. The van der Waals surface area contributed by atoms with Crippen molar-refractivity contribution in [2.75, 3.05) is 0 Å². The lowest BCUT2D eigenvalue weighted by Crippen LogP contribution is -2.03. The number of carboxylic acid groups (broad SMARTS) is 4. The predicted octanol–water partition coefficient (Wildman–Crippen LogP) is 12.1. The SMILES string of the molecule is O=C(O)c1ccc(COc2cc(COc3ccccc3/C=C/c3ccccc3OCc3cc(OCc4ccc(C(=O)O)cc4)cc(OCc4ccc(C(=O)O)cc4)c3)cc(OCc3ccc(C(=O)O)cc3)c2)cc1. The average molecular weight is 993 g/mol. The number of rotatable bonds is 24. The highest BCUT2D eigenvalue weighted by Crippen LogP contribution is 2.31. The van der Waals surface area contributed by atoms with Crippen LogP contribution in [0.2, 0.25) is 0 Å². The molecule has 8 rings (SSSR count). The average Bonchev–Trinajstić information content (AvgIpc) is 3.42. The highest BCUT2D eigenvalue weighted by Gasteiger charge is 2.12. The molecule has 0 fully saturated rings. The molecule has 74 heavy (non-hydrogen) atoms. The minimum Gasteiger partial charge on any atom is -0.489 e. The van der Waals surface area contributed by atoms with Crippen LogP contribution in [-0.4, -0.2) is 44.3 Å². The summed E-state index contributed by atoms with van der Waals surface area (Å²) in [7, 11) is 0. The molecule has 14 heteroatoms. The molecule has 0 bridgehead atoms. The minimum atomic E-state index is -1.02. The fraction of sp³-hybridized carbons (Fsp3) is 0.100. The van der Waals surface area contributed by atoms with E-state index in [0.717, 1.165) is 44.5 Å². The lowest BCUT2D eigenvalue weighted by Gasteiger charge is -2.15. The van der Waals surface area contributed by atoms with E-state index in [2.05, 4.69) is 0 Å². The van der Waals surface area contributed by atoms with E-state index in [-0.39, 0.29) is 61.9 Å². The Labute approximate surface area is 425 Å². The van der Waals surface area contributed by atoms with Gasteiger partial charge >= 0.3 is 23.9 Å². The van der Waals surface area contributed by atoms with E-state index in [0.29, 0.717) is 34.5 Å². The van der Waals surface area contributed by atoms with Gasteiger partial charge in [-0.1, -0.05) is 97.1 Å². The van der Waals surface area contributed by atoms with Crippen molar-refractivity contribution in [1.82, 2.24) is 0 Å². The molecule has 0 spiro atoms. The molecule has 14 nitrogen and oxygen atoms in total. The molecule has 0 aliphatic carbocycles. The number of para-hydroxylation sites is 2. The van der Waals surface area contributed by atoms with Crippen molar-refractivity contribution in [3.05, 3.63) is 249 Å². The Morgan fingerprint density at radius 3 is 0.797 bits per heavy atom. The number of carbonyl (C=O) groups is 4. The van der Waals surface area contributed by atoms with Crippen LogP contribution in [-0.2, 0) is 39.6 Å². The maximum atomic E-state index is 11.4. The van der Waals surface area contributed by atoms with Crippen LogP contribution in [0.4, 0.5) is 0 Å². The third kappa shape index (κ3) is 14.4. The van der Waals surface area contributed by atoms with Crippen LogP contribution in [0.1, 0.15) is 85.9 Å². The molecule has 372 valence electrons. The van der Waals surface area contributed by atoms with Gasteiger partial charge in [0, 0.05) is 23.3 Å². The Morgan fingerprint density at radius 2 is 0.541 bits per heavy atom. The van der Waals surface area contributed by atoms with Crippen LogP contribution in [0.25, 0.3) is 12.2 Å². The number of hydrogen-bond donors (Lipinski definition) is 4. The molecule has 8 aromatic carbocycles. The van der Waals surface area contributed by atoms with Gasteiger partial charge in [-0.15, -0.1) is 0 Å². The Morgan fingerprint density at radius 1 is 0.297 bits per heavy atom. The first-order valence-electron chi connectivity index (χ1n) is 23.1. The molecular weight excluding hydrogens is 945 g/mol. The summed E-state index contributed by atoms with van der Waals surface area (Å²) < 4.78 is 37.5. The van der Waals surface area contributed by atoms with E-state index in [1.807, 2.05) is 84.9 Å². The Kier molecular flexibility index (Phi) is 16.6. The molecule has 0 unspecified atom stereocenters. The van der Waals surface area contributed by atoms with Crippen LogP contribution in [0.3, 0.4) is 0 Å². The zero-order valence-corrected chi connectivity index (χ0v) is 39.6. The maximum Gasteiger partial charge on any atom is 0.335 e. The Bertz CT molecular complexity index is 2890. The smallest absolute Gasteiger partial charge is 0.335 e. The summed E-state index contributed by atoms with van der Waals surface area (Å²) in [6, 6.07) is 51.7. The topological polar surface area (TPSA) is 205 Å². The van der Waals surface area contributed by atoms with Gasteiger partial charge in [0.2, 0.25) is 0 Å². The van der Waals surface area contributed by atoms with Gasteiger partial charge in [-0.2, -0.15) is 0 Å². The summed E-state index contributed by atoms with van der Waals surface area (Å²) in [5.74, 6) is -0.899. The molecule has 0 radical (unpaired) electrons. The monoisotopic (exact) mass is 992 g/mol. The van der Waals surface area contributed by atoms with E-state index < -0.39 is 23.9 Å². The maximum absolute atomic E-state index is 11.4. The normalized spacial score (nSPS) is 10.9. The molecule has 0 saturated carbocycles. The van der Waals surface area contributed by atoms with Gasteiger partial charge < -0.3 is 48.8 Å². The molecule has 0 aliphatic heterocycles.